The fourth-order valence-electron chi connectivity index (χ4n) is 1.76. The van der Waals surface area contributed by atoms with Crippen molar-refractivity contribution in [2.24, 2.45) is 0 Å². The fraction of sp³-hybridized carbons (Fsp3) is 0.900. The van der Waals surface area contributed by atoms with Gasteiger partial charge in [0.25, 0.3) is 10.2 Å². The Morgan fingerprint density at radius 1 is 1.39 bits per heavy atom. The van der Waals surface area contributed by atoms with Gasteiger partial charge in [-0.25, -0.2) is 0 Å². The molecule has 1 N–H and O–H groups in total. The predicted molar refractivity (Wildman–Crippen MR) is 65.1 cm³/mol. The van der Waals surface area contributed by atoms with E-state index in [9.17, 15) is 13.2 Å². The van der Waals surface area contributed by atoms with E-state index in [-0.39, 0.29) is 18.5 Å². The van der Waals surface area contributed by atoms with Crippen LogP contribution in [0.5, 0.6) is 0 Å². The van der Waals surface area contributed by atoms with Crippen molar-refractivity contribution in [3.05, 3.63) is 0 Å². The Bertz CT molecular complexity index is 401. The zero-order valence-electron chi connectivity index (χ0n) is 10.5. The van der Waals surface area contributed by atoms with E-state index in [0.717, 1.165) is 17.1 Å². The molecule has 0 aromatic carbocycles. The van der Waals surface area contributed by atoms with E-state index in [4.69, 9.17) is 4.74 Å². The van der Waals surface area contributed by atoms with Crippen molar-refractivity contribution in [3.63, 3.8) is 0 Å². The molecule has 2 fully saturated rings. The Morgan fingerprint density at radius 2 is 2.00 bits per heavy atom. The molecule has 0 radical (unpaired) electrons. The van der Waals surface area contributed by atoms with Crippen LogP contribution in [0, 0.1) is 0 Å². The molecule has 1 saturated heterocycles. The van der Waals surface area contributed by atoms with Crippen molar-refractivity contribution in [3.8, 4) is 0 Å². The number of nitrogens with zero attached hydrogens (tertiary/aromatic N) is 2. The van der Waals surface area contributed by atoms with Gasteiger partial charge in [-0.15, -0.1) is 0 Å². The quantitative estimate of drug-likeness (QED) is 0.683. The third-order valence-corrected chi connectivity index (χ3v) is 4.93. The van der Waals surface area contributed by atoms with Crippen LogP contribution in [0.15, 0.2) is 0 Å². The zero-order valence-corrected chi connectivity index (χ0v) is 11.3. The molecule has 8 heteroatoms. The Labute approximate surface area is 107 Å². The second-order valence-electron chi connectivity index (χ2n) is 4.62. The van der Waals surface area contributed by atoms with E-state index in [0.29, 0.717) is 26.3 Å². The molecule has 0 aromatic heterocycles. The molecule has 0 unspecified atom stereocenters. The van der Waals surface area contributed by atoms with Crippen LogP contribution in [0.1, 0.15) is 12.8 Å². The summed E-state index contributed by atoms with van der Waals surface area (Å²) in [6.07, 6.45) is 1.98. The molecule has 7 nitrogen and oxygen atoms in total. The lowest BCUT2D eigenvalue weighted by atomic mass is 10.5. The Kier molecular flexibility index (Phi) is 4.21. The molecule has 18 heavy (non-hydrogen) atoms. The van der Waals surface area contributed by atoms with Gasteiger partial charge in [0.15, 0.2) is 0 Å². The maximum absolute atomic E-state index is 12.1. The van der Waals surface area contributed by atoms with Gasteiger partial charge in [0, 0.05) is 26.2 Å². The largest absolute Gasteiger partial charge is 0.379 e. The highest BCUT2D eigenvalue weighted by atomic mass is 32.2. The summed E-state index contributed by atoms with van der Waals surface area (Å²) in [4.78, 5) is 11.6. The summed E-state index contributed by atoms with van der Waals surface area (Å²) in [6.45, 7) is 1.37. The molecule has 2 rings (SSSR count). The van der Waals surface area contributed by atoms with E-state index in [1.165, 1.54) is 11.4 Å². The van der Waals surface area contributed by atoms with Crippen LogP contribution < -0.4 is 5.32 Å². The van der Waals surface area contributed by atoms with Crippen LogP contribution in [0.3, 0.4) is 0 Å². The van der Waals surface area contributed by atoms with Crippen molar-refractivity contribution in [2.45, 2.75) is 18.9 Å². The Morgan fingerprint density at radius 3 is 2.56 bits per heavy atom. The van der Waals surface area contributed by atoms with E-state index in [2.05, 4.69) is 5.32 Å². The molecule has 0 atom stereocenters. The molecular weight excluding hydrogens is 258 g/mol. The molecule has 1 aliphatic carbocycles. The van der Waals surface area contributed by atoms with Crippen LogP contribution in [0.25, 0.3) is 0 Å². The molecular formula is C10H19N3O4S. The van der Waals surface area contributed by atoms with Crippen LogP contribution in [0.2, 0.25) is 0 Å². The van der Waals surface area contributed by atoms with Crippen molar-refractivity contribution in [1.82, 2.24) is 13.9 Å². The highest BCUT2D eigenvalue weighted by Crippen LogP contribution is 2.18. The number of nitrogens with one attached hydrogen (secondary N) is 1. The normalized spacial score (nSPS) is 22.1. The third-order valence-electron chi connectivity index (χ3n) is 3.00. The van der Waals surface area contributed by atoms with Crippen LogP contribution >= 0.6 is 0 Å². The summed E-state index contributed by atoms with van der Waals surface area (Å²) in [6, 6.07) is 0.247. The molecule has 1 aliphatic heterocycles. The molecule has 1 heterocycles. The van der Waals surface area contributed by atoms with Gasteiger partial charge in [0.1, 0.15) is 0 Å². The van der Waals surface area contributed by atoms with Gasteiger partial charge in [0.2, 0.25) is 5.91 Å². The first-order valence-corrected chi connectivity index (χ1v) is 7.48. The lowest BCUT2D eigenvalue weighted by Crippen LogP contribution is -2.49. The molecule has 0 aromatic rings. The lowest BCUT2D eigenvalue weighted by molar-refractivity contribution is -0.121. The molecule has 0 spiro atoms. The summed E-state index contributed by atoms with van der Waals surface area (Å²) in [5.74, 6) is -0.239. The molecule has 1 saturated carbocycles. The monoisotopic (exact) mass is 277 g/mol. The minimum Gasteiger partial charge on any atom is -0.379 e. The van der Waals surface area contributed by atoms with E-state index < -0.39 is 10.2 Å². The number of hydrogen-bond donors (Lipinski definition) is 1. The maximum atomic E-state index is 12.1. The summed E-state index contributed by atoms with van der Waals surface area (Å²) >= 11 is 0. The molecule has 1 amide bonds. The van der Waals surface area contributed by atoms with Gasteiger partial charge < -0.3 is 10.1 Å². The minimum atomic E-state index is -3.55. The van der Waals surface area contributed by atoms with Crippen LogP contribution in [0.4, 0.5) is 0 Å². The number of carbonyl (C=O) groups excluding carboxylic acids is 1. The number of morpholine rings is 1. The van der Waals surface area contributed by atoms with Crippen molar-refractivity contribution < 1.29 is 17.9 Å². The predicted octanol–water partition coefficient (Wildman–Crippen LogP) is -1.23. The number of ether oxygens (including phenoxy) is 1. The maximum Gasteiger partial charge on any atom is 0.282 e. The summed E-state index contributed by atoms with van der Waals surface area (Å²) in [5, 5.41) is 2.77. The zero-order chi connectivity index (χ0) is 13.2. The molecule has 104 valence electrons. The van der Waals surface area contributed by atoms with Crippen LogP contribution in [-0.4, -0.2) is 68.9 Å². The summed E-state index contributed by atoms with van der Waals surface area (Å²) in [7, 11) is -2.12. The van der Waals surface area contributed by atoms with Gasteiger partial charge in [-0.05, 0) is 12.8 Å². The first-order chi connectivity index (χ1) is 8.50. The standard InChI is InChI=1S/C10H19N3O4S/c1-12(8-10(14)11-9-2-3-9)18(15,16)13-4-6-17-7-5-13/h9H,2-8H2,1H3,(H,11,14). The first-order valence-electron chi connectivity index (χ1n) is 6.08. The highest BCUT2D eigenvalue weighted by Gasteiger charge is 2.31. The Hall–Kier alpha value is -0.700. The minimum absolute atomic E-state index is 0.129. The Balaban J connectivity index is 1.88. The second-order valence-corrected chi connectivity index (χ2v) is 6.65. The number of hydrogen-bond acceptors (Lipinski definition) is 4. The lowest BCUT2D eigenvalue weighted by Gasteiger charge is -2.29. The molecule has 2 aliphatic rings. The topological polar surface area (TPSA) is 79.0 Å². The van der Waals surface area contributed by atoms with E-state index >= 15 is 0 Å². The average molecular weight is 277 g/mol. The van der Waals surface area contributed by atoms with Crippen molar-refractivity contribution >= 4 is 16.1 Å². The van der Waals surface area contributed by atoms with Gasteiger partial charge in [-0.1, -0.05) is 0 Å². The van der Waals surface area contributed by atoms with Gasteiger partial charge in [-0.2, -0.15) is 17.0 Å². The molecule has 0 bridgehead atoms. The smallest absolute Gasteiger partial charge is 0.282 e. The summed E-state index contributed by atoms with van der Waals surface area (Å²) < 4.78 is 31.8. The fourth-order valence-corrected chi connectivity index (χ4v) is 3.04. The number of carbonyl (C=O) groups is 1. The van der Waals surface area contributed by atoms with E-state index in [1.54, 1.807) is 0 Å². The van der Waals surface area contributed by atoms with Gasteiger partial charge >= 0.3 is 0 Å². The van der Waals surface area contributed by atoms with Crippen molar-refractivity contribution in [1.29, 1.82) is 0 Å². The average Bonchev–Trinajstić information content (AvgIpc) is 3.13. The SMILES string of the molecule is CN(CC(=O)NC1CC1)S(=O)(=O)N1CCOCC1. The van der Waals surface area contributed by atoms with Gasteiger partial charge in [-0.3, -0.25) is 4.79 Å². The second kappa shape index (κ2) is 5.52. The third kappa shape index (κ3) is 3.41. The van der Waals surface area contributed by atoms with Crippen LogP contribution in [-0.2, 0) is 19.7 Å². The number of likely N-dealkylation sites (N-methyl/N-ethyl adjacent to an activating group) is 1. The van der Waals surface area contributed by atoms with Gasteiger partial charge in [0.05, 0.1) is 19.8 Å². The summed E-state index contributed by atoms with van der Waals surface area (Å²) in [5.41, 5.74) is 0. The van der Waals surface area contributed by atoms with Crippen molar-refractivity contribution in [2.75, 3.05) is 39.9 Å². The number of amides is 1. The highest BCUT2D eigenvalue weighted by molar-refractivity contribution is 7.86. The first kappa shape index (κ1) is 13.7. The number of rotatable bonds is 5. The van der Waals surface area contributed by atoms with E-state index in [1.807, 2.05) is 0 Å².